The molecule has 0 nitrogen and oxygen atoms in total. The largest absolute Gasteiger partial charge is 0.0823 e. The molecule has 0 bridgehead atoms. The fourth-order valence-corrected chi connectivity index (χ4v) is 3.57. The molecule has 0 spiro atoms. The molecule has 0 aromatic carbocycles. The summed E-state index contributed by atoms with van der Waals surface area (Å²) in [4.78, 5) is 0. The van der Waals surface area contributed by atoms with Gasteiger partial charge in [0.2, 0.25) is 0 Å². The molecular weight excluding hydrogens is 247 g/mol. The van der Waals surface area contributed by atoms with E-state index in [2.05, 4.69) is 36.4 Å². The zero-order valence-corrected chi connectivity index (χ0v) is 9.80. The molecule has 0 amide bonds. The summed E-state index contributed by atoms with van der Waals surface area (Å²) < 4.78 is 0.969. The van der Waals surface area contributed by atoms with E-state index in [0.29, 0.717) is 0 Å². The van der Waals surface area contributed by atoms with Gasteiger partial charge < -0.3 is 0 Å². The van der Waals surface area contributed by atoms with Crippen LogP contribution in [0.3, 0.4) is 0 Å². The van der Waals surface area contributed by atoms with Crippen molar-refractivity contribution in [3.05, 3.63) is 0 Å². The van der Waals surface area contributed by atoms with Gasteiger partial charge in [0.05, 0.1) is 0 Å². The summed E-state index contributed by atoms with van der Waals surface area (Å²) >= 11 is 2.66. The van der Waals surface area contributed by atoms with Crippen molar-refractivity contribution in [3.63, 3.8) is 0 Å². The van der Waals surface area contributed by atoms with Crippen LogP contribution in [0.15, 0.2) is 0 Å². The van der Waals surface area contributed by atoms with Crippen LogP contribution in [-0.4, -0.2) is 3.92 Å². The molecule has 0 aromatic rings. The van der Waals surface area contributed by atoms with E-state index in [1.807, 2.05) is 0 Å². The maximum Gasteiger partial charge on any atom is 0.0140 e. The third kappa shape index (κ3) is 2.60. The van der Waals surface area contributed by atoms with Gasteiger partial charge in [0.25, 0.3) is 0 Å². The molecule has 0 N–H and O–H groups in total. The molecule has 1 aliphatic carbocycles. The molecule has 1 saturated carbocycles. The monoisotopic (exact) mass is 266 g/mol. The lowest BCUT2D eigenvalue weighted by Gasteiger charge is -2.31. The summed E-state index contributed by atoms with van der Waals surface area (Å²) in [6.07, 6.45) is 7.28. The zero-order chi connectivity index (χ0) is 8.27. The van der Waals surface area contributed by atoms with Gasteiger partial charge in [0.1, 0.15) is 0 Å². The molecule has 3 unspecified atom stereocenters. The van der Waals surface area contributed by atoms with Gasteiger partial charge in [0, 0.05) is 3.92 Å². The highest BCUT2D eigenvalue weighted by Crippen LogP contribution is 2.36. The van der Waals surface area contributed by atoms with E-state index in [9.17, 15) is 0 Å². The number of alkyl halides is 1. The first-order chi connectivity index (χ1) is 5.25. The highest BCUT2D eigenvalue weighted by molar-refractivity contribution is 14.1. The van der Waals surface area contributed by atoms with Crippen LogP contribution in [0.2, 0.25) is 0 Å². The van der Waals surface area contributed by atoms with Gasteiger partial charge in [-0.1, -0.05) is 55.7 Å². The molecule has 0 radical (unpaired) electrons. The predicted octanol–water partition coefficient (Wildman–Crippen LogP) is 4.03. The quantitative estimate of drug-likeness (QED) is 0.523. The molecule has 0 aromatic heterocycles. The molecule has 1 heteroatoms. The Morgan fingerprint density at radius 2 is 2.00 bits per heavy atom. The first-order valence-corrected chi connectivity index (χ1v) is 6.14. The van der Waals surface area contributed by atoms with E-state index in [4.69, 9.17) is 0 Å². The topological polar surface area (TPSA) is 0 Å². The van der Waals surface area contributed by atoms with E-state index in [1.165, 1.54) is 32.1 Å². The Labute approximate surface area is 84.3 Å². The number of rotatable bonds is 2. The van der Waals surface area contributed by atoms with Crippen LogP contribution in [0.1, 0.15) is 46.0 Å². The second-order valence-electron chi connectivity index (χ2n) is 3.85. The molecule has 1 rings (SSSR count). The van der Waals surface area contributed by atoms with Crippen molar-refractivity contribution in [2.24, 2.45) is 11.8 Å². The van der Waals surface area contributed by atoms with Crippen molar-refractivity contribution >= 4 is 22.6 Å². The first-order valence-electron chi connectivity index (χ1n) is 4.89. The lowest BCUT2D eigenvalue weighted by atomic mass is 9.80. The van der Waals surface area contributed by atoms with Crippen LogP contribution in [0, 0.1) is 11.8 Å². The normalized spacial score (nSPS) is 35.2. The molecule has 11 heavy (non-hydrogen) atoms. The molecule has 0 heterocycles. The van der Waals surface area contributed by atoms with E-state index in [0.717, 1.165) is 15.8 Å². The van der Waals surface area contributed by atoms with Crippen LogP contribution in [0.4, 0.5) is 0 Å². The van der Waals surface area contributed by atoms with Crippen LogP contribution >= 0.6 is 22.6 Å². The third-order valence-corrected chi connectivity index (χ3v) is 4.65. The van der Waals surface area contributed by atoms with E-state index in [1.54, 1.807) is 0 Å². The van der Waals surface area contributed by atoms with Gasteiger partial charge >= 0.3 is 0 Å². The molecule has 0 aliphatic heterocycles. The third-order valence-electron chi connectivity index (χ3n) is 3.11. The van der Waals surface area contributed by atoms with Crippen LogP contribution in [0.5, 0.6) is 0 Å². The fourth-order valence-electron chi connectivity index (χ4n) is 2.06. The number of hydrogen-bond acceptors (Lipinski definition) is 0. The smallest absolute Gasteiger partial charge is 0.0140 e. The van der Waals surface area contributed by atoms with Gasteiger partial charge in [-0.05, 0) is 24.7 Å². The number of hydrogen-bond donors (Lipinski definition) is 0. The molecule has 66 valence electrons. The minimum absolute atomic E-state index is 0.956. The van der Waals surface area contributed by atoms with Gasteiger partial charge in [-0.2, -0.15) is 0 Å². The Bertz CT molecular complexity index is 107. The Morgan fingerprint density at radius 3 is 2.55 bits per heavy atom. The molecule has 3 atom stereocenters. The van der Waals surface area contributed by atoms with Gasteiger partial charge in [-0.15, -0.1) is 0 Å². The van der Waals surface area contributed by atoms with Gasteiger partial charge in [0.15, 0.2) is 0 Å². The first kappa shape index (κ1) is 9.82. The summed E-state index contributed by atoms with van der Waals surface area (Å²) in [5, 5.41) is 0. The summed E-state index contributed by atoms with van der Waals surface area (Å²) in [6, 6.07) is 0. The van der Waals surface area contributed by atoms with E-state index < -0.39 is 0 Å². The summed E-state index contributed by atoms with van der Waals surface area (Å²) in [7, 11) is 0. The maximum atomic E-state index is 2.66. The van der Waals surface area contributed by atoms with Crippen molar-refractivity contribution < 1.29 is 0 Å². The highest BCUT2D eigenvalue weighted by atomic mass is 127. The fraction of sp³-hybridized carbons (Fsp3) is 1.00. The Morgan fingerprint density at radius 1 is 1.36 bits per heavy atom. The summed E-state index contributed by atoms with van der Waals surface area (Å²) in [5.74, 6) is 1.98. The standard InChI is InChI=1S/C10H19I/c1-3-8(2)9-6-4-5-7-10(9)11/h8-10H,3-7H2,1-2H3. The van der Waals surface area contributed by atoms with Crippen LogP contribution < -0.4 is 0 Å². The molecule has 0 saturated heterocycles. The maximum absolute atomic E-state index is 2.66. The van der Waals surface area contributed by atoms with Crippen molar-refractivity contribution in [2.75, 3.05) is 0 Å². The molecular formula is C10H19I. The lowest BCUT2D eigenvalue weighted by Crippen LogP contribution is -2.24. The molecule has 1 fully saturated rings. The average Bonchev–Trinajstić information content (AvgIpc) is 2.04. The second-order valence-corrected chi connectivity index (χ2v) is 5.45. The average molecular weight is 266 g/mol. The van der Waals surface area contributed by atoms with Gasteiger partial charge in [-0.25, -0.2) is 0 Å². The van der Waals surface area contributed by atoms with Crippen molar-refractivity contribution in [1.29, 1.82) is 0 Å². The Balaban J connectivity index is 2.40. The summed E-state index contributed by atoms with van der Waals surface area (Å²) in [6.45, 7) is 4.74. The van der Waals surface area contributed by atoms with E-state index in [-0.39, 0.29) is 0 Å². The van der Waals surface area contributed by atoms with Crippen LogP contribution in [-0.2, 0) is 0 Å². The van der Waals surface area contributed by atoms with Crippen molar-refractivity contribution in [3.8, 4) is 0 Å². The van der Waals surface area contributed by atoms with Gasteiger partial charge in [-0.3, -0.25) is 0 Å². The lowest BCUT2D eigenvalue weighted by molar-refractivity contribution is 0.275. The SMILES string of the molecule is CCC(C)C1CCCCC1I. The Kier molecular flexibility index (Phi) is 4.18. The van der Waals surface area contributed by atoms with Crippen molar-refractivity contribution in [2.45, 2.75) is 49.9 Å². The predicted molar refractivity (Wildman–Crippen MR) is 59.2 cm³/mol. The highest BCUT2D eigenvalue weighted by Gasteiger charge is 2.26. The van der Waals surface area contributed by atoms with Crippen molar-refractivity contribution in [1.82, 2.24) is 0 Å². The van der Waals surface area contributed by atoms with E-state index >= 15 is 0 Å². The second kappa shape index (κ2) is 4.68. The molecule has 1 aliphatic rings. The zero-order valence-electron chi connectivity index (χ0n) is 7.65. The van der Waals surface area contributed by atoms with Crippen LogP contribution in [0.25, 0.3) is 0 Å². The minimum Gasteiger partial charge on any atom is -0.0823 e. The number of halogens is 1. The Hall–Kier alpha value is 0.730. The summed E-state index contributed by atoms with van der Waals surface area (Å²) in [5.41, 5.74) is 0. The minimum atomic E-state index is 0.956.